The average Bonchev–Trinajstić information content (AvgIpc) is 2.97. The van der Waals surface area contributed by atoms with Crippen LogP contribution in [0.3, 0.4) is 0 Å². The van der Waals surface area contributed by atoms with Crippen LogP contribution in [0.4, 0.5) is 5.00 Å². The molecule has 0 atom stereocenters. The van der Waals surface area contributed by atoms with Gasteiger partial charge in [-0.05, 0) is 48.2 Å². The van der Waals surface area contributed by atoms with Gasteiger partial charge < -0.3 is 9.73 Å². The number of hydrogen-bond acceptors (Lipinski definition) is 4. The maximum Gasteiger partial charge on any atom is 0.292 e. The van der Waals surface area contributed by atoms with E-state index in [2.05, 4.69) is 5.32 Å². The summed E-state index contributed by atoms with van der Waals surface area (Å²) in [6, 6.07) is 11.7. The molecular formula is C19H11Cl2NO3S. The van der Waals surface area contributed by atoms with Gasteiger partial charge in [0.2, 0.25) is 0 Å². The number of nitrogens with one attached hydrogen (secondary N) is 1. The zero-order chi connectivity index (χ0) is 18.4. The van der Waals surface area contributed by atoms with Crippen LogP contribution in [0.15, 0.2) is 51.7 Å². The minimum absolute atomic E-state index is 0.0558. The van der Waals surface area contributed by atoms with Gasteiger partial charge in [0.1, 0.15) is 5.58 Å². The fourth-order valence-corrected chi connectivity index (χ4v) is 4.03. The van der Waals surface area contributed by atoms with Gasteiger partial charge in [-0.2, -0.15) is 0 Å². The van der Waals surface area contributed by atoms with Crippen molar-refractivity contribution in [2.45, 2.75) is 6.92 Å². The Morgan fingerprint density at radius 1 is 1.12 bits per heavy atom. The molecule has 0 aliphatic heterocycles. The molecule has 0 unspecified atom stereocenters. The molecule has 0 bridgehead atoms. The van der Waals surface area contributed by atoms with Crippen LogP contribution < -0.4 is 10.7 Å². The lowest BCUT2D eigenvalue weighted by Crippen LogP contribution is -2.14. The summed E-state index contributed by atoms with van der Waals surface area (Å²) >= 11 is 13.4. The molecule has 0 radical (unpaired) electrons. The predicted molar refractivity (Wildman–Crippen MR) is 107 cm³/mol. The highest BCUT2D eigenvalue weighted by Crippen LogP contribution is 2.32. The maximum atomic E-state index is 12.5. The van der Waals surface area contributed by atoms with Crippen molar-refractivity contribution >= 4 is 66.5 Å². The van der Waals surface area contributed by atoms with Gasteiger partial charge in [0, 0.05) is 20.8 Å². The Kier molecular flexibility index (Phi) is 4.23. The highest BCUT2D eigenvalue weighted by molar-refractivity contribution is 7.23. The van der Waals surface area contributed by atoms with E-state index in [9.17, 15) is 9.59 Å². The number of anilines is 1. The smallest absolute Gasteiger partial charge is 0.292 e. The molecule has 2 aromatic heterocycles. The van der Waals surface area contributed by atoms with Gasteiger partial charge in [-0.25, -0.2) is 0 Å². The first-order valence-corrected chi connectivity index (χ1v) is 9.22. The monoisotopic (exact) mass is 403 g/mol. The minimum atomic E-state index is -0.491. The van der Waals surface area contributed by atoms with E-state index < -0.39 is 5.91 Å². The van der Waals surface area contributed by atoms with Crippen LogP contribution in [0.25, 0.3) is 21.1 Å². The van der Waals surface area contributed by atoms with Crippen LogP contribution in [0, 0.1) is 6.92 Å². The third-order valence-corrected chi connectivity index (χ3v) is 5.61. The lowest BCUT2D eigenvalue weighted by molar-refractivity contribution is 0.0997. The van der Waals surface area contributed by atoms with Crippen molar-refractivity contribution in [3.05, 3.63) is 74.1 Å². The van der Waals surface area contributed by atoms with Gasteiger partial charge in [-0.1, -0.05) is 29.3 Å². The van der Waals surface area contributed by atoms with E-state index >= 15 is 0 Å². The number of halogens is 2. The van der Waals surface area contributed by atoms with E-state index in [1.54, 1.807) is 25.1 Å². The molecule has 4 nitrogen and oxygen atoms in total. The highest BCUT2D eigenvalue weighted by Gasteiger charge is 2.15. The SMILES string of the molecule is Cc1cc2oc(C(=O)Nc3cc4ccc(Cl)cc4s3)cc(=O)c2cc1Cl. The lowest BCUT2D eigenvalue weighted by atomic mass is 10.1. The molecule has 0 saturated carbocycles. The number of rotatable bonds is 2. The molecule has 7 heteroatoms. The van der Waals surface area contributed by atoms with E-state index in [1.807, 2.05) is 18.2 Å². The van der Waals surface area contributed by atoms with Crippen molar-refractivity contribution in [2.24, 2.45) is 0 Å². The number of thiophene rings is 1. The standard InChI is InChI=1S/C19H11Cl2NO3S/c1-9-4-15-12(7-13(9)21)14(23)8-16(25-15)19(24)22-18-5-10-2-3-11(20)6-17(10)26-18/h2-8H,1H3,(H,22,24). The van der Waals surface area contributed by atoms with E-state index in [-0.39, 0.29) is 11.2 Å². The molecule has 1 N–H and O–H groups in total. The van der Waals surface area contributed by atoms with Crippen molar-refractivity contribution in [2.75, 3.05) is 5.32 Å². The van der Waals surface area contributed by atoms with Crippen molar-refractivity contribution in [3.63, 3.8) is 0 Å². The molecule has 0 fully saturated rings. The molecule has 0 saturated heterocycles. The summed E-state index contributed by atoms with van der Waals surface area (Å²) in [7, 11) is 0. The molecule has 0 spiro atoms. The number of aryl methyl sites for hydroxylation is 1. The quantitative estimate of drug-likeness (QED) is 0.454. The first-order chi connectivity index (χ1) is 12.4. The summed E-state index contributed by atoms with van der Waals surface area (Å²) in [5, 5.41) is 5.83. The number of carbonyl (C=O) groups is 1. The van der Waals surface area contributed by atoms with Crippen LogP contribution in [0.5, 0.6) is 0 Å². The molecule has 1 amide bonds. The van der Waals surface area contributed by atoms with Gasteiger partial charge in [0.05, 0.1) is 10.4 Å². The Labute approximate surface area is 162 Å². The molecule has 4 rings (SSSR count). The second-order valence-electron chi connectivity index (χ2n) is 5.82. The summed E-state index contributed by atoms with van der Waals surface area (Å²) in [6.45, 7) is 1.80. The molecule has 0 aliphatic rings. The number of amides is 1. The van der Waals surface area contributed by atoms with Crippen LogP contribution >= 0.6 is 34.5 Å². The normalized spacial score (nSPS) is 11.2. The maximum absolute atomic E-state index is 12.5. The van der Waals surface area contributed by atoms with E-state index in [1.165, 1.54) is 17.4 Å². The zero-order valence-electron chi connectivity index (χ0n) is 13.4. The number of hydrogen-bond donors (Lipinski definition) is 1. The first kappa shape index (κ1) is 17.1. The Balaban J connectivity index is 1.71. The van der Waals surface area contributed by atoms with Gasteiger partial charge in [0.15, 0.2) is 11.2 Å². The summed E-state index contributed by atoms with van der Waals surface area (Å²) in [6.07, 6.45) is 0. The Morgan fingerprint density at radius 3 is 2.73 bits per heavy atom. The minimum Gasteiger partial charge on any atom is -0.451 e. The fraction of sp³-hybridized carbons (Fsp3) is 0.0526. The van der Waals surface area contributed by atoms with Crippen LogP contribution in [0.2, 0.25) is 10.0 Å². The van der Waals surface area contributed by atoms with E-state index in [4.69, 9.17) is 27.6 Å². The summed E-state index contributed by atoms with van der Waals surface area (Å²) in [5.74, 6) is -0.547. The number of carbonyl (C=O) groups excluding carboxylic acids is 1. The average molecular weight is 404 g/mol. The molecule has 130 valence electrons. The van der Waals surface area contributed by atoms with Gasteiger partial charge in [-0.15, -0.1) is 11.3 Å². The lowest BCUT2D eigenvalue weighted by Gasteiger charge is -2.05. The highest BCUT2D eigenvalue weighted by atomic mass is 35.5. The summed E-state index contributed by atoms with van der Waals surface area (Å²) < 4.78 is 6.57. The first-order valence-electron chi connectivity index (χ1n) is 7.65. The largest absolute Gasteiger partial charge is 0.451 e. The Hall–Kier alpha value is -2.34. The Bertz CT molecular complexity index is 1240. The number of benzene rings is 2. The third kappa shape index (κ3) is 3.09. The fourth-order valence-electron chi connectivity index (χ4n) is 2.63. The van der Waals surface area contributed by atoms with Crippen LogP contribution in [-0.4, -0.2) is 5.91 Å². The van der Waals surface area contributed by atoms with Crippen molar-refractivity contribution in [1.82, 2.24) is 0 Å². The van der Waals surface area contributed by atoms with Gasteiger partial charge in [0.25, 0.3) is 5.91 Å². The molecule has 2 aromatic carbocycles. The van der Waals surface area contributed by atoms with Crippen molar-refractivity contribution < 1.29 is 9.21 Å². The second kappa shape index (κ2) is 6.43. The molecule has 4 aromatic rings. The van der Waals surface area contributed by atoms with Crippen molar-refractivity contribution in [3.8, 4) is 0 Å². The zero-order valence-corrected chi connectivity index (χ0v) is 15.8. The van der Waals surface area contributed by atoms with E-state index in [0.717, 1.165) is 15.6 Å². The predicted octanol–water partition coefficient (Wildman–Crippen LogP) is 5.88. The summed E-state index contributed by atoms with van der Waals surface area (Å²) in [4.78, 5) is 24.8. The molecule has 2 heterocycles. The van der Waals surface area contributed by atoms with E-state index in [0.29, 0.717) is 26.0 Å². The topological polar surface area (TPSA) is 59.3 Å². The third-order valence-electron chi connectivity index (χ3n) is 3.95. The summed E-state index contributed by atoms with van der Waals surface area (Å²) in [5.41, 5.74) is 0.773. The number of fused-ring (bicyclic) bond motifs is 2. The van der Waals surface area contributed by atoms with Gasteiger partial charge >= 0.3 is 0 Å². The van der Waals surface area contributed by atoms with Gasteiger partial charge in [-0.3, -0.25) is 9.59 Å². The molecular weight excluding hydrogens is 393 g/mol. The van der Waals surface area contributed by atoms with Crippen LogP contribution in [-0.2, 0) is 0 Å². The Morgan fingerprint density at radius 2 is 1.92 bits per heavy atom. The van der Waals surface area contributed by atoms with Crippen molar-refractivity contribution in [1.29, 1.82) is 0 Å². The van der Waals surface area contributed by atoms with Crippen LogP contribution in [0.1, 0.15) is 16.1 Å². The molecule has 0 aliphatic carbocycles. The second-order valence-corrected chi connectivity index (χ2v) is 7.75. The molecule has 26 heavy (non-hydrogen) atoms.